The molecule has 0 fully saturated rings. The molecule has 0 atom stereocenters. The summed E-state index contributed by atoms with van der Waals surface area (Å²) < 4.78 is 10.6. The molecule has 0 unspecified atom stereocenters. The molecule has 1 aliphatic rings. The maximum atomic E-state index is 5.70. The molecule has 1 heterocycles. The lowest BCUT2D eigenvalue weighted by molar-refractivity contribution is 0.173. The number of hydrogen-bond donors (Lipinski definition) is 2. The largest absolute Gasteiger partial charge is 0.454 e. The number of hydrogen-bond acceptors (Lipinski definition) is 4. The van der Waals surface area contributed by atoms with Crippen LogP contribution >= 0.6 is 0 Å². The van der Waals surface area contributed by atoms with Crippen molar-refractivity contribution in [3.63, 3.8) is 0 Å². The minimum atomic E-state index is 0.287. The highest BCUT2D eigenvalue weighted by Gasteiger charge is 2.17. The van der Waals surface area contributed by atoms with Crippen LogP contribution in [0.2, 0.25) is 0 Å². The van der Waals surface area contributed by atoms with Crippen LogP contribution in [0.15, 0.2) is 12.1 Å². The minimum Gasteiger partial charge on any atom is -0.454 e. The van der Waals surface area contributed by atoms with E-state index in [4.69, 9.17) is 15.2 Å². The van der Waals surface area contributed by atoms with Crippen LogP contribution in [0.25, 0.3) is 0 Å². The van der Waals surface area contributed by atoms with Crippen LogP contribution in [0, 0.1) is 0 Å². The molecule has 0 bridgehead atoms. The van der Waals surface area contributed by atoms with Gasteiger partial charge in [0.25, 0.3) is 0 Å². The molecule has 0 saturated carbocycles. The van der Waals surface area contributed by atoms with E-state index >= 15 is 0 Å². The zero-order valence-corrected chi connectivity index (χ0v) is 7.46. The van der Waals surface area contributed by atoms with Gasteiger partial charge in [0, 0.05) is 23.9 Å². The third kappa shape index (κ3) is 1.40. The Kier molecular flexibility index (Phi) is 1.98. The highest BCUT2D eigenvalue weighted by atomic mass is 16.7. The lowest BCUT2D eigenvalue weighted by atomic mass is 10.1. The van der Waals surface area contributed by atoms with Crippen molar-refractivity contribution in [2.45, 2.75) is 6.54 Å². The molecular weight excluding hydrogens is 168 g/mol. The Labute approximate surface area is 76.6 Å². The first-order valence-electron chi connectivity index (χ1n) is 4.14. The molecule has 0 saturated heterocycles. The highest BCUT2D eigenvalue weighted by Crippen LogP contribution is 2.37. The standard InChI is InChI=1S/C9H12N2O2/c1-11-4-6-2-7(10)3-8-9(6)13-5-12-8/h2-3,11H,4-5,10H2,1H3. The fourth-order valence-electron chi connectivity index (χ4n) is 1.43. The van der Waals surface area contributed by atoms with E-state index in [1.807, 2.05) is 13.1 Å². The number of nitrogens with one attached hydrogen (secondary N) is 1. The van der Waals surface area contributed by atoms with E-state index in [1.54, 1.807) is 6.07 Å². The molecule has 1 aromatic rings. The fraction of sp³-hybridized carbons (Fsp3) is 0.333. The summed E-state index contributed by atoms with van der Waals surface area (Å²) in [6, 6.07) is 3.67. The van der Waals surface area contributed by atoms with Gasteiger partial charge in [-0.3, -0.25) is 0 Å². The summed E-state index contributed by atoms with van der Waals surface area (Å²) in [6.45, 7) is 1.02. The maximum Gasteiger partial charge on any atom is 0.231 e. The lowest BCUT2D eigenvalue weighted by Crippen LogP contribution is -2.06. The first kappa shape index (κ1) is 8.19. The molecule has 70 valence electrons. The molecule has 0 radical (unpaired) electrons. The monoisotopic (exact) mass is 180 g/mol. The summed E-state index contributed by atoms with van der Waals surface area (Å²) in [4.78, 5) is 0. The van der Waals surface area contributed by atoms with E-state index < -0.39 is 0 Å². The quantitative estimate of drug-likeness (QED) is 0.658. The van der Waals surface area contributed by atoms with Crippen molar-refractivity contribution in [3.8, 4) is 11.5 Å². The molecule has 3 N–H and O–H groups in total. The van der Waals surface area contributed by atoms with Gasteiger partial charge in [0.1, 0.15) is 0 Å². The summed E-state index contributed by atoms with van der Waals surface area (Å²) in [6.07, 6.45) is 0. The second-order valence-corrected chi connectivity index (χ2v) is 2.94. The molecule has 4 nitrogen and oxygen atoms in total. The van der Waals surface area contributed by atoms with Crippen molar-refractivity contribution in [2.75, 3.05) is 19.6 Å². The van der Waals surface area contributed by atoms with E-state index in [9.17, 15) is 0 Å². The van der Waals surface area contributed by atoms with E-state index in [2.05, 4.69) is 5.32 Å². The zero-order chi connectivity index (χ0) is 9.26. The number of nitrogen functional groups attached to an aromatic ring is 1. The SMILES string of the molecule is CNCc1cc(N)cc2c1OCO2. The molecular formula is C9H12N2O2. The topological polar surface area (TPSA) is 56.5 Å². The molecule has 0 aromatic heterocycles. The normalized spacial score (nSPS) is 13.3. The van der Waals surface area contributed by atoms with Gasteiger partial charge < -0.3 is 20.5 Å². The summed E-state index contributed by atoms with van der Waals surface area (Å²) >= 11 is 0. The highest BCUT2D eigenvalue weighted by molar-refractivity contribution is 5.58. The van der Waals surface area contributed by atoms with Crippen LogP contribution in [0.5, 0.6) is 11.5 Å². The number of rotatable bonds is 2. The van der Waals surface area contributed by atoms with Gasteiger partial charge in [-0.2, -0.15) is 0 Å². The first-order chi connectivity index (χ1) is 6.31. The molecule has 1 aliphatic heterocycles. The van der Waals surface area contributed by atoms with Gasteiger partial charge in [0.2, 0.25) is 6.79 Å². The average molecular weight is 180 g/mol. The van der Waals surface area contributed by atoms with Gasteiger partial charge in [-0.15, -0.1) is 0 Å². The average Bonchev–Trinajstić information content (AvgIpc) is 2.52. The number of fused-ring (bicyclic) bond motifs is 1. The van der Waals surface area contributed by atoms with Crippen molar-refractivity contribution in [1.82, 2.24) is 5.32 Å². The van der Waals surface area contributed by atoms with E-state index in [0.717, 1.165) is 23.6 Å². The van der Waals surface area contributed by atoms with E-state index in [-0.39, 0.29) is 6.79 Å². The number of benzene rings is 1. The maximum absolute atomic E-state index is 5.70. The predicted octanol–water partition coefficient (Wildman–Crippen LogP) is 0.717. The van der Waals surface area contributed by atoms with Crippen molar-refractivity contribution in [3.05, 3.63) is 17.7 Å². The molecule has 0 amide bonds. The second-order valence-electron chi connectivity index (χ2n) is 2.94. The first-order valence-corrected chi connectivity index (χ1v) is 4.14. The zero-order valence-electron chi connectivity index (χ0n) is 7.46. The number of anilines is 1. The van der Waals surface area contributed by atoms with Gasteiger partial charge in [-0.25, -0.2) is 0 Å². The summed E-state index contributed by atoms with van der Waals surface area (Å²) in [5.41, 5.74) is 7.44. The molecule has 0 aliphatic carbocycles. The Hall–Kier alpha value is -1.42. The minimum absolute atomic E-state index is 0.287. The molecule has 4 heteroatoms. The molecule has 2 rings (SSSR count). The number of nitrogens with two attached hydrogens (primary N) is 1. The van der Waals surface area contributed by atoms with E-state index in [0.29, 0.717) is 5.69 Å². The molecule has 0 spiro atoms. The van der Waals surface area contributed by atoms with Gasteiger partial charge in [-0.1, -0.05) is 0 Å². The van der Waals surface area contributed by atoms with Gasteiger partial charge in [0.15, 0.2) is 11.5 Å². The van der Waals surface area contributed by atoms with Crippen LogP contribution in [-0.4, -0.2) is 13.8 Å². The van der Waals surface area contributed by atoms with Crippen LogP contribution in [-0.2, 0) is 6.54 Å². The van der Waals surface area contributed by atoms with Crippen LogP contribution in [0.4, 0.5) is 5.69 Å². The second kappa shape index (κ2) is 3.14. The van der Waals surface area contributed by atoms with Gasteiger partial charge in [0.05, 0.1) is 0 Å². The molecule has 1 aromatic carbocycles. The Morgan fingerprint density at radius 2 is 2.31 bits per heavy atom. The van der Waals surface area contributed by atoms with Crippen LogP contribution < -0.4 is 20.5 Å². The van der Waals surface area contributed by atoms with Crippen LogP contribution in [0.1, 0.15) is 5.56 Å². The van der Waals surface area contributed by atoms with Gasteiger partial charge in [-0.05, 0) is 13.1 Å². The van der Waals surface area contributed by atoms with Crippen molar-refractivity contribution < 1.29 is 9.47 Å². The Balaban J connectivity index is 2.43. The third-order valence-electron chi connectivity index (χ3n) is 1.94. The molecule has 13 heavy (non-hydrogen) atoms. The lowest BCUT2D eigenvalue weighted by Gasteiger charge is -2.05. The van der Waals surface area contributed by atoms with E-state index in [1.165, 1.54) is 0 Å². The summed E-state index contributed by atoms with van der Waals surface area (Å²) in [5.74, 6) is 1.55. The van der Waals surface area contributed by atoms with Crippen LogP contribution in [0.3, 0.4) is 0 Å². The van der Waals surface area contributed by atoms with Crippen molar-refractivity contribution in [2.24, 2.45) is 0 Å². The number of ether oxygens (including phenoxy) is 2. The third-order valence-corrected chi connectivity index (χ3v) is 1.94. The Morgan fingerprint density at radius 3 is 3.08 bits per heavy atom. The Morgan fingerprint density at radius 1 is 1.46 bits per heavy atom. The predicted molar refractivity (Wildman–Crippen MR) is 49.7 cm³/mol. The summed E-state index contributed by atoms with van der Waals surface area (Å²) in [5, 5.41) is 3.05. The van der Waals surface area contributed by atoms with Crippen molar-refractivity contribution >= 4 is 5.69 Å². The van der Waals surface area contributed by atoms with Gasteiger partial charge >= 0.3 is 0 Å². The smallest absolute Gasteiger partial charge is 0.231 e. The Bertz CT molecular complexity index is 326. The summed E-state index contributed by atoms with van der Waals surface area (Å²) in [7, 11) is 1.88. The van der Waals surface area contributed by atoms with Crippen molar-refractivity contribution in [1.29, 1.82) is 0 Å². The fourth-order valence-corrected chi connectivity index (χ4v) is 1.43.